The van der Waals surface area contributed by atoms with E-state index in [1.54, 1.807) is 32.2 Å². The van der Waals surface area contributed by atoms with Gasteiger partial charge in [0.2, 0.25) is 5.62 Å². The van der Waals surface area contributed by atoms with Crippen molar-refractivity contribution in [2.24, 2.45) is 9.98 Å². The summed E-state index contributed by atoms with van der Waals surface area (Å²) in [5.41, 5.74) is 3.22. The first-order chi connectivity index (χ1) is 17.3. The van der Waals surface area contributed by atoms with E-state index in [1.165, 1.54) is 9.08 Å². The highest BCUT2D eigenvalue weighted by molar-refractivity contribution is 5.82. The number of hydrogen-bond acceptors (Lipinski definition) is 5. The largest absolute Gasteiger partial charge is 0.308 e. The average Bonchev–Trinajstić information content (AvgIpc) is 3.35. The lowest BCUT2D eigenvalue weighted by Gasteiger charge is -2.31. The molecule has 5 rings (SSSR count). The van der Waals surface area contributed by atoms with Crippen molar-refractivity contribution in [2.45, 2.75) is 45.5 Å². The number of aromatic nitrogens is 6. The molecule has 4 aromatic rings. The Morgan fingerprint density at radius 1 is 1.29 bits per heavy atom. The third-order valence-electron chi connectivity index (χ3n) is 6.43. The normalized spacial score (nSPS) is 21.1. The topological polar surface area (TPSA) is 94.7 Å². The van der Waals surface area contributed by atoms with Gasteiger partial charge < -0.3 is 14.5 Å². The zero-order chi connectivity index (χ0) is 25.6. The lowest BCUT2D eigenvalue weighted by Crippen LogP contribution is -2.45. The molecule has 0 spiro atoms. The molecule has 0 aliphatic carbocycles. The quantitative estimate of drug-likeness (QED) is 0.452. The second-order valence-electron chi connectivity index (χ2n) is 8.62. The van der Waals surface area contributed by atoms with E-state index in [4.69, 9.17) is 1.37 Å². The molecule has 9 nitrogen and oxygen atoms in total. The Labute approximate surface area is 200 Å². The van der Waals surface area contributed by atoms with Crippen LogP contribution in [0.1, 0.15) is 20.5 Å². The Bertz CT molecular complexity index is 1550. The molecule has 0 radical (unpaired) electrons. The molecule has 2 atom stereocenters. The van der Waals surface area contributed by atoms with Gasteiger partial charge in [0.1, 0.15) is 23.0 Å². The molecule has 0 bridgehead atoms. The van der Waals surface area contributed by atoms with E-state index in [2.05, 4.69) is 34.9 Å². The maximum Gasteiger partial charge on any atom is 0.256 e. The van der Waals surface area contributed by atoms with Gasteiger partial charge in [-0.2, -0.15) is 0 Å². The number of nitrogens with one attached hydrogen (secondary N) is 2. The number of piperidine rings is 1. The van der Waals surface area contributed by atoms with Crippen LogP contribution in [0, 0.1) is 6.92 Å². The minimum atomic E-state index is -2.54. The lowest BCUT2D eigenvalue weighted by molar-refractivity contribution is 0.123. The molecule has 2 N–H and O–H groups in total. The number of aryl methyl sites for hydroxylation is 1. The van der Waals surface area contributed by atoms with Crippen molar-refractivity contribution < 1.29 is 14.5 Å². The fraction of sp³-hybridized carbons (Fsp3) is 0.478. The van der Waals surface area contributed by atoms with Crippen LogP contribution in [-0.2, 0) is 6.54 Å². The first-order valence-corrected chi connectivity index (χ1v) is 11.6. The van der Waals surface area contributed by atoms with Crippen LogP contribution < -0.4 is 11.1 Å². The Hall–Kier alpha value is -3.41. The molecule has 0 aromatic carbocycles. The Morgan fingerprint density at radius 3 is 2.83 bits per heavy atom. The second kappa shape index (κ2) is 9.33. The molecule has 0 unspecified atom stereocenters. The van der Waals surface area contributed by atoms with Gasteiger partial charge in [-0.05, 0) is 38.1 Å². The molecule has 1 fully saturated rings. The second-order valence-corrected chi connectivity index (χ2v) is 8.62. The van der Waals surface area contributed by atoms with Crippen molar-refractivity contribution in [2.75, 3.05) is 26.7 Å². The van der Waals surface area contributed by atoms with Gasteiger partial charge in [0.05, 0.1) is 19.7 Å². The number of H-pyrrole nitrogens is 2. The molecule has 1 aliphatic rings. The van der Waals surface area contributed by atoms with Crippen molar-refractivity contribution in [1.29, 1.82) is 0 Å². The number of pyridine rings is 1. The van der Waals surface area contributed by atoms with Crippen molar-refractivity contribution in [3.8, 4) is 11.3 Å². The predicted octanol–water partition coefficient (Wildman–Crippen LogP) is 2.44. The lowest BCUT2D eigenvalue weighted by atomic mass is 10.0. The van der Waals surface area contributed by atoms with E-state index in [-0.39, 0.29) is 6.17 Å². The summed E-state index contributed by atoms with van der Waals surface area (Å²) in [5.74, 6) is 0.450. The summed E-state index contributed by atoms with van der Waals surface area (Å²) >= 11 is 0. The first-order valence-electron chi connectivity index (χ1n) is 12.1. The minimum absolute atomic E-state index is 0.118. The summed E-state index contributed by atoms with van der Waals surface area (Å²) in [7, 11) is 1.60. The molecule has 0 amide bonds. The van der Waals surface area contributed by atoms with Crippen LogP contribution in [0.2, 0.25) is 0 Å². The summed E-state index contributed by atoms with van der Waals surface area (Å²) < 4.78 is 52.4. The fourth-order valence-corrected chi connectivity index (χ4v) is 4.60. The van der Waals surface area contributed by atoms with E-state index >= 15 is 0 Å². The Balaban J connectivity index is 1.62. The molecule has 1 saturated heterocycles. The number of hydrogen-bond donors (Lipinski definition) is 2. The Kier molecular flexibility index (Phi) is 5.88. The van der Waals surface area contributed by atoms with Crippen LogP contribution in [0.4, 0.5) is 13.2 Å². The zero-order valence-corrected chi connectivity index (χ0v) is 19.8. The molecule has 1 aliphatic heterocycles. The maximum absolute atomic E-state index is 14.7. The highest BCUT2D eigenvalue weighted by Gasteiger charge is 2.28. The predicted molar refractivity (Wildman–Crippen MR) is 126 cm³/mol. The van der Waals surface area contributed by atoms with Gasteiger partial charge in [0.15, 0.2) is 11.1 Å². The number of likely N-dealkylation sites (tertiary alicyclic amines) is 1. The van der Waals surface area contributed by atoms with E-state index < -0.39 is 25.2 Å². The smallest absolute Gasteiger partial charge is 0.256 e. The highest BCUT2D eigenvalue weighted by Crippen LogP contribution is 2.25. The molecule has 12 heteroatoms. The van der Waals surface area contributed by atoms with Crippen molar-refractivity contribution >= 4 is 16.7 Å². The van der Waals surface area contributed by atoms with E-state index in [0.717, 1.165) is 13.1 Å². The molecule has 5 heterocycles. The average molecular weight is 489 g/mol. The summed E-state index contributed by atoms with van der Waals surface area (Å²) in [6, 6.07) is 4.58. The number of nitrogens with zero attached hydrogens (tertiary/aromatic N) is 7. The molecule has 0 saturated carbocycles. The summed E-state index contributed by atoms with van der Waals surface area (Å²) in [6.45, 7) is 5.07. The van der Waals surface area contributed by atoms with E-state index in [0.29, 0.717) is 57.8 Å². The SMILES string of the molecule is [2H]c1cc(-c2ccc3nc(C)n(CC(F)F)c3n2)c2c(=NC)[nH]c(=N[C@H]3CCN(CC)C[C@H]3F)[nH]n12. The van der Waals surface area contributed by atoms with Gasteiger partial charge in [-0.1, -0.05) is 6.92 Å². The van der Waals surface area contributed by atoms with Gasteiger partial charge in [-0.15, -0.1) is 0 Å². The molecule has 186 valence electrons. The molecular formula is C23H28F3N9. The molecule has 4 aromatic heterocycles. The fourth-order valence-electron chi connectivity index (χ4n) is 4.60. The number of imidazole rings is 1. The monoisotopic (exact) mass is 488 g/mol. The van der Waals surface area contributed by atoms with Crippen molar-refractivity contribution in [3.05, 3.63) is 41.3 Å². The minimum Gasteiger partial charge on any atom is -0.308 e. The van der Waals surface area contributed by atoms with E-state index in [9.17, 15) is 13.2 Å². The van der Waals surface area contributed by atoms with Crippen LogP contribution >= 0.6 is 0 Å². The number of alkyl halides is 3. The molecular weight excluding hydrogens is 459 g/mol. The van der Waals surface area contributed by atoms with Crippen LogP contribution in [-0.4, -0.2) is 79.4 Å². The van der Waals surface area contributed by atoms with Crippen LogP contribution in [0.25, 0.3) is 27.9 Å². The van der Waals surface area contributed by atoms with Gasteiger partial charge in [0, 0.05) is 31.9 Å². The maximum atomic E-state index is 14.7. The van der Waals surface area contributed by atoms with Crippen molar-refractivity contribution in [3.63, 3.8) is 0 Å². The number of aromatic amines is 2. The highest BCUT2D eigenvalue weighted by atomic mass is 19.3. The third kappa shape index (κ3) is 4.38. The summed E-state index contributed by atoms with van der Waals surface area (Å²) in [6.07, 6.45) is -2.93. The summed E-state index contributed by atoms with van der Waals surface area (Å²) in [4.78, 5) is 23.0. The standard InChI is InChI=1S/C23H28F3N9/c1-4-33-9-8-17(15(24)11-33)30-23-31-21(27-3)20-14(7-10-35(20)32-23)16-5-6-18-22(29-16)34(12-19(25)26)13(2)28-18/h5-7,10,15,17,19H,4,8-9,11-12H2,1-3H3,(H2,27,30,31,32)/t15-,17+/m1/s1/i10D. The van der Waals surface area contributed by atoms with Gasteiger partial charge >= 0.3 is 0 Å². The zero-order valence-electron chi connectivity index (χ0n) is 20.8. The molecule has 35 heavy (non-hydrogen) atoms. The van der Waals surface area contributed by atoms with Crippen LogP contribution in [0.15, 0.2) is 34.4 Å². The summed E-state index contributed by atoms with van der Waals surface area (Å²) in [5, 5.41) is 3.05. The van der Waals surface area contributed by atoms with Gasteiger partial charge in [-0.3, -0.25) is 14.6 Å². The van der Waals surface area contributed by atoms with Crippen LogP contribution in [0.5, 0.6) is 0 Å². The van der Waals surface area contributed by atoms with Gasteiger partial charge in [-0.25, -0.2) is 28.1 Å². The van der Waals surface area contributed by atoms with E-state index in [1.807, 2.05) is 6.92 Å². The first kappa shape index (κ1) is 22.1. The van der Waals surface area contributed by atoms with Gasteiger partial charge in [0.25, 0.3) is 6.43 Å². The number of fused-ring (bicyclic) bond motifs is 2. The number of halogens is 3. The Morgan fingerprint density at radius 2 is 2.11 bits per heavy atom. The number of rotatable bonds is 5. The van der Waals surface area contributed by atoms with Crippen molar-refractivity contribution in [1.82, 2.24) is 34.0 Å². The third-order valence-corrected chi connectivity index (χ3v) is 6.43. The van der Waals surface area contributed by atoms with Crippen LogP contribution in [0.3, 0.4) is 0 Å².